The van der Waals surface area contributed by atoms with E-state index >= 15 is 0 Å². The van der Waals surface area contributed by atoms with Crippen LogP contribution in [-0.4, -0.2) is 23.8 Å². The van der Waals surface area contributed by atoms with Crippen LogP contribution in [0.3, 0.4) is 0 Å². The lowest BCUT2D eigenvalue weighted by Crippen LogP contribution is -2.34. The van der Waals surface area contributed by atoms with Gasteiger partial charge in [0.15, 0.2) is 0 Å². The third kappa shape index (κ3) is 4.85. The molecule has 1 saturated heterocycles. The number of benzene rings is 2. The number of Topliss-reactive ketones (excluding diaryl/α,β-unsaturated/α-hetero) is 1. The van der Waals surface area contributed by atoms with Gasteiger partial charge in [-0.25, -0.2) is 0 Å². The third-order valence-corrected chi connectivity index (χ3v) is 6.67. The van der Waals surface area contributed by atoms with E-state index in [1.165, 1.54) is 26.1 Å². The fourth-order valence-electron chi connectivity index (χ4n) is 4.06. The van der Waals surface area contributed by atoms with Gasteiger partial charge in [-0.1, -0.05) is 42.5 Å². The number of nitrogens with zero attached hydrogens (tertiary/aromatic N) is 1. The number of carbonyl (C=O) groups excluding carboxylic acids is 1. The number of piperidine rings is 1. The summed E-state index contributed by atoms with van der Waals surface area (Å²) in [7, 11) is 0. The summed E-state index contributed by atoms with van der Waals surface area (Å²) in [4.78, 5) is 16.3. The Morgan fingerprint density at radius 1 is 1.07 bits per heavy atom. The summed E-state index contributed by atoms with van der Waals surface area (Å²) < 4.78 is 1.30. The summed E-state index contributed by atoms with van der Waals surface area (Å²) in [6, 6.07) is 19.4. The molecular formula is C24H27NOS. The number of hydrogen-bond acceptors (Lipinski definition) is 3. The zero-order valence-electron chi connectivity index (χ0n) is 16.0. The minimum Gasteiger partial charge on any atom is -0.299 e. The molecule has 0 atom stereocenters. The molecule has 0 amide bonds. The van der Waals surface area contributed by atoms with Crippen molar-refractivity contribution >= 4 is 27.2 Å². The Labute approximate surface area is 165 Å². The number of aryl methyl sites for hydroxylation is 1. The van der Waals surface area contributed by atoms with Crippen LogP contribution in [0.15, 0.2) is 54.6 Å². The number of likely N-dealkylation sites (tertiary alicyclic amines) is 1. The molecule has 3 heteroatoms. The first kappa shape index (κ1) is 18.4. The summed E-state index contributed by atoms with van der Waals surface area (Å²) in [5, 5.41) is 1.27. The quantitative estimate of drug-likeness (QED) is 0.555. The van der Waals surface area contributed by atoms with Crippen LogP contribution in [0.2, 0.25) is 0 Å². The van der Waals surface area contributed by atoms with Crippen molar-refractivity contribution in [1.29, 1.82) is 0 Å². The molecule has 4 rings (SSSR count). The lowest BCUT2D eigenvalue weighted by Gasteiger charge is -2.31. The second-order valence-corrected chi connectivity index (χ2v) is 9.05. The van der Waals surface area contributed by atoms with Gasteiger partial charge in [-0.2, -0.15) is 0 Å². The molecule has 0 aliphatic carbocycles. The van der Waals surface area contributed by atoms with E-state index in [9.17, 15) is 4.79 Å². The number of rotatable bonds is 6. The lowest BCUT2D eigenvalue weighted by atomic mass is 9.90. The van der Waals surface area contributed by atoms with Crippen LogP contribution in [0.5, 0.6) is 0 Å². The number of hydrogen-bond donors (Lipinski definition) is 0. The molecule has 27 heavy (non-hydrogen) atoms. The second kappa shape index (κ2) is 8.37. The third-order valence-electron chi connectivity index (χ3n) is 5.57. The van der Waals surface area contributed by atoms with E-state index in [2.05, 4.69) is 66.4 Å². The number of fused-ring (bicyclic) bond motifs is 1. The van der Waals surface area contributed by atoms with E-state index in [1.54, 1.807) is 11.3 Å². The second-order valence-electron chi connectivity index (χ2n) is 7.88. The zero-order valence-corrected chi connectivity index (χ0v) is 16.8. The van der Waals surface area contributed by atoms with Crippen molar-refractivity contribution in [2.75, 3.05) is 13.1 Å². The average molecular weight is 378 g/mol. The molecule has 0 spiro atoms. The first-order valence-corrected chi connectivity index (χ1v) is 10.7. The molecule has 1 aromatic heterocycles. The SMILES string of the molecule is Cc1ccc2cc(CC(=O)CC3CCN(Cc4ccccc4)CC3)sc2c1. The minimum absolute atomic E-state index is 0.403. The molecule has 1 aliphatic rings. The number of carbonyl (C=O) groups is 1. The molecule has 2 heterocycles. The van der Waals surface area contributed by atoms with E-state index in [4.69, 9.17) is 0 Å². The predicted octanol–water partition coefficient (Wildman–Crippen LogP) is 5.62. The first-order chi connectivity index (χ1) is 13.2. The number of thiophene rings is 1. The molecule has 0 bridgehead atoms. The van der Waals surface area contributed by atoms with E-state index < -0.39 is 0 Å². The maximum atomic E-state index is 12.6. The van der Waals surface area contributed by atoms with Gasteiger partial charge in [0.1, 0.15) is 5.78 Å². The molecule has 0 N–H and O–H groups in total. The first-order valence-electron chi connectivity index (χ1n) is 9.93. The van der Waals surface area contributed by atoms with Crippen molar-refractivity contribution in [3.8, 4) is 0 Å². The summed E-state index contributed by atoms with van der Waals surface area (Å²) in [6.45, 7) is 5.36. The fourth-order valence-corrected chi connectivity index (χ4v) is 5.25. The lowest BCUT2D eigenvalue weighted by molar-refractivity contribution is -0.119. The smallest absolute Gasteiger partial charge is 0.138 e. The molecule has 3 aromatic rings. The Hall–Kier alpha value is -1.97. The summed E-state index contributed by atoms with van der Waals surface area (Å²) in [5.74, 6) is 0.959. The fraction of sp³-hybridized carbons (Fsp3) is 0.375. The van der Waals surface area contributed by atoms with Crippen LogP contribution in [0.25, 0.3) is 10.1 Å². The molecule has 2 nitrogen and oxygen atoms in total. The minimum atomic E-state index is 0.403. The van der Waals surface area contributed by atoms with E-state index in [1.807, 2.05) is 0 Å². The van der Waals surface area contributed by atoms with Gasteiger partial charge in [0.25, 0.3) is 0 Å². The van der Waals surface area contributed by atoms with Crippen LogP contribution in [0, 0.1) is 12.8 Å². The molecule has 0 saturated carbocycles. The standard InChI is InChI=1S/C24H27NOS/c1-18-7-8-21-15-23(27-24(21)13-18)16-22(26)14-19-9-11-25(12-10-19)17-20-5-3-2-4-6-20/h2-8,13,15,19H,9-12,14,16-17H2,1H3. The topological polar surface area (TPSA) is 20.3 Å². The maximum absolute atomic E-state index is 12.6. The highest BCUT2D eigenvalue weighted by Gasteiger charge is 2.22. The van der Waals surface area contributed by atoms with Gasteiger partial charge < -0.3 is 0 Å². The highest BCUT2D eigenvalue weighted by molar-refractivity contribution is 7.19. The maximum Gasteiger partial charge on any atom is 0.138 e. The Morgan fingerprint density at radius 2 is 1.85 bits per heavy atom. The Kier molecular flexibility index (Phi) is 5.70. The average Bonchev–Trinajstić information content (AvgIpc) is 3.05. The van der Waals surface area contributed by atoms with Crippen molar-refractivity contribution in [1.82, 2.24) is 4.90 Å². The van der Waals surface area contributed by atoms with Crippen LogP contribution in [-0.2, 0) is 17.8 Å². The molecular weight excluding hydrogens is 350 g/mol. The van der Waals surface area contributed by atoms with Gasteiger partial charge >= 0.3 is 0 Å². The van der Waals surface area contributed by atoms with Crippen molar-refractivity contribution in [3.05, 3.63) is 70.6 Å². The summed E-state index contributed by atoms with van der Waals surface area (Å²) in [5.41, 5.74) is 2.66. The van der Waals surface area contributed by atoms with Gasteiger partial charge in [-0.05, 0) is 67.4 Å². The van der Waals surface area contributed by atoms with Gasteiger partial charge in [0.2, 0.25) is 0 Å². The highest BCUT2D eigenvalue weighted by atomic mass is 32.1. The van der Waals surface area contributed by atoms with Gasteiger partial charge in [0.05, 0.1) is 0 Å². The molecule has 140 valence electrons. The van der Waals surface area contributed by atoms with E-state index in [0.29, 0.717) is 18.1 Å². The molecule has 1 fully saturated rings. The highest BCUT2D eigenvalue weighted by Crippen LogP contribution is 2.28. The van der Waals surface area contributed by atoms with Crippen LogP contribution < -0.4 is 0 Å². The van der Waals surface area contributed by atoms with E-state index in [0.717, 1.165) is 38.9 Å². The van der Waals surface area contributed by atoms with Crippen LogP contribution >= 0.6 is 11.3 Å². The molecule has 1 aliphatic heterocycles. The van der Waals surface area contributed by atoms with E-state index in [-0.39, 0.29) is 0 Å². The molecule has 2 aromatic carbocycles. The summed E-state index contributed by atoms with van der Waals surface area (Å²) in [6.07, 6.45) is 3.63. The molecule has 0 radical (unpaired) electrons. The van der Waals surface area contributed by atoms with Crippen molar-refractivity contribution < 1.29 is 4.79 Å². The van der Waals surface area contributed by atoms with Crippen molar-refractivity contribution in [2.24, 2.45) is 5.92 Å². The molecule has 0 unspecified atom stereocenters. The summed E-state index contributed by atoms with van der Waals surface area (Å²) >= 11 is 1.77. The zero-order chi connectivity index (χ0) is 18.6. The van der Waals surface area contributed by atoms with Gasteiger partial charge in [-0.15, -0.1) is 11.3 Å². The number of ketones is 1. The normalized spacial score (nSPS) is 16.0. The van der Waals surface area contributed by atoms with Gasteiger partial charge in [-0.3, -0.25) is 9.69 Å². The van der Waals surface area contributed by atoms with Crippen LogP contribution in [0.1, 0.15) is 35.3 Å². The van der Waals surface area contributed by atoms with Crippen molar-refractivity contribution in [3.63, 3.8) is 0 Å². The monoisotopic (exact) mass is 377 g/mol. The largest absolute Gasteiger partial charge is 0.299 e. The predicted molar refractivity (Wildman–Crippen MR) is 114 cm³/mol. The van der Waals surface area contributed by atoms with Gasteiger partial charge in [0, 0.05) is 29.0 Å². The Morgan fingerprint density at radius 3 is 2.63 bits per heavy atom. The van der Waals surface area contributed by atoms with Crippen molar-refractivity contribution in [2.45, 2.75) is 39.2 Å². The van der Waals surface area contributed by atoms with Crippen LogP contribution in [0.4, 0.5) is 0 Å². The Balaban J connectivity index is 1.26. The Bertz CT molecular complexity index is 907.